The zero-order valence-corrected chi connectivity index (χ0v) is 19.6. The van der Waals surface area contributed by atoms with Gasteiger partial charge in [-0.05, 0) is 37.0 Å². The predicted octanol–water partition coefficient (Wildman–Crippen LogP) is 2.74. The Hall–Kier alpha value is -3.58. The molecular weight excluding hydrogens is 522 g/mol. The van der Waals surface area contributed by atoms with Gasteiger partial charge < -0.3 is 10.4 Å². The maximum Gasteiger partial charge on any atom is 0.408 e. The van der Waals surface area contributed by atoms with Gasteiger partial charge in [-0.2, -0.15) is 13.2 Å². The number of hydrogen-bond donors (Lipinski definition) is 2. The Morgan fingerprint density at radius 2 is 1.97 bits per heavy atom. The monoisotopic (exact) mass is 539 g/mol. The number of halogens is 5. The van der Waals surface area contributed by atoms with Crippen LogP contribution in [-0.2, 0) is 4.79 Å². The first-order valence-corrected chi connectivity index (χ1v) is 11.6. The molecule has 14 heteroatoms. The summed E-state index contributed by atoms with van der Waals surface area (Å²) in [6.07, 6.45) is -3.42. The molecule has 0 radical (unpaired) electrons. The predicted molar refractivity (Wildman–Crippen MR) is 123 cm³/mol. The van der Waals surface area contributed by atoms with Crippen molar-refractivity contribution in [1.29, 1.82) is 0 Å². The molecule has 4 heterocycles. The van der Waals surface area contributed by atoms with Crippen LogP contribution in [0.2, 0.25) is 5.02 Å². The minimum Gasteiger partial charge on any atom is -0.391 e. The molecule has 0 bridgehead atoms. The van der Waals surface area contributed by atoms with Crippen molar-refractivity contribution in [2.45, 2.75) is 37.6 Å². The number of pyridine rings is 3. The summed E-state index contributed by atoms with van der Waals surface area (Å²) in [4.78, 5) is 47.9. The van der Waals surface area contributed by atoms with Crippen LogP contribution >= 0.6 is 11.6 Å². The number of carbonyl (C=O) groups is 2. The van der Waals surface area contributed by atoms with Gasteiger partial charge >= 0.3 is 6.18 Å². The van der Waals surface area contributed by atoms with Gasteiger partial charge in [-0.3, -0.25) is 23.9 Å². The lowest BCUT2D eigenvalue weighted by Crippen LogP contribution is -2.48. The van der Waals surface area contributed by atoms with Gasteiger partial charge in [0.15, 0.2) is 11.5 Å². The molecule has 2 N–H and O–H groups in total. The average Bonchev–Trinajstić information content (AvgIpc) is 3.60. The Bertz CT molecular complexity index is 1490. The van der Waals surface area contributed by atoms with Crippen LogP contribution in [0.4, 0.5) is 23.4 Å². The van der Waals surface area contributed by atoms with Crippen molar-refractivity contribution in [1.82, 2.24) is 19.9 Å². The van der Waals surface area contributed by atoms with Crippen LogP contribution in [0.1, 0.15) is 29.6 Å². The van der Waals surface area contributed by atoms with Crippen molar-refractivity contribution in [3.8, 4) is 5.82 Å². The fourth-order valence-electron chi connectivity index (χ4n) is 4.28. The second kappa shape index (κ2) is 9.06. The Kier molecular flexibility index (Phi) is 6.15. The van der Waals surface area contributed by atoms with E-state index >= 15 is 0 Å². The van der Waals surface area contributed by atoms with Crippen molar-refractivity contribution in [2.24, 2.45) is 5.92 Å². The molecule has 0 spiro atoms. The summed E-state index contributed by atoms with van der Waals surface area (Å²) in [6, 6.07) is 1.37. The number of aliphatic hydroxyl groups excluding tert-OH is 1. The molecule has 1 aliphatic carbocycles. The molecule has 5 rings (SSSR count). The molecule has 2 aliphatic rings. The van der Waals surface area contributed by atoms with Crippen LogP contribution in [0, 0.1) is 11.7 Å². The van der Waals surface area contributed by atoms with Crippen molar-refractivity contribution in [3.63, 3.8) is 0 Å². The highest BCUT2D eigenvalue weighted by molar-refractivity contribution is 6.32. The molecule has 9 nitrogen and oxygen atoms in total. The molecule has 2 amide bonds. The van der Waals surface area contributed by atoms with Crippen LogP contribution in [-0.4, -0.2) is 56.3 Å². The number of hydrogen-bond acceptors (Lipinski definition) is 6. The number of nitrogens with zero attached hydrogens (tertiary/aromatic N) is 4. The number of amides is 2. The second-order valence-corrected chi connectivity index (χ2v) is 9.34. The van der Waals surface area contributed by atoms with E-state index in [4.69, 9.17) is 11.6 Å². The summed E-state index contributed by atoms with van der Waals surface area (Å²) in [5.74, 6) is -3.31. The number of aliphatic hydroxyl groups is 1. The maximum atomic E-state index is 13.7. The number of rotatable bonds is 5. The minimum absolute atomic E-state index is 0.0440. The van der Waals surface area contributed by atoms with Crippen molar-refractivity contribution >= 4 is 40.3 Å². The first-order valence-electron chi connectivity index (χ1n) is 11.2. The van der Waals surface area contributed by atoms with E-state index in [9.17, 15) is 37.1 Å². The smallest absolute Gasteiger partial charge is 0.391 e. The van der Waals surface area contributed by atoms with Crippen LogP contribution < -0.4 is 15.6 Å². The number of β-amino-alcohol motifs (C(OH)–C–C–N with tert-alkyl or cyclic N) is 1. The quantitative estimate of drug-likeness (QED) is 0.482. The van der Waals surface area contributed by atoms with Gasteiger partial charge in [-0.1, -0.05) is 11.6 Å². The number of carbonyl (C=O) groups excluding carboxylic acids is 2. The lowest BCUT2D eigenvalue weighted by molar-refractivity contribution is -0.158. The molecular formula is C23H18ClF4N5O4. The van der Waals surface area contributed by atoms with Gasteiger partial charge in [0.2, 0.25) is 11.3 Å². The molecule has 2 fully saturated rings. The van der Waals surface area contributed by atoms with Gasteiger partial charge in [-0.15, -0.1) is 0 Å². The largest absolute Gasteiger partial charge is 0.408 e. The Morgan fingerprint density at radius 3 is 2.57 bits per heavy atom. The van der Waals surface area contributed by atoms with E-state index in [1.807, 2.05) is 5.32 Å². The van der Waals surface area contributed by atoms with E-state index in [0.717, 1.165) is 23.0 Å². The van der Waals surface area contributed by atoms with Gasteiger partial charge in [-0.25, -0.2) is 14.4 Å². The first kappa shape index (κ1) is 25.1. The summed E-state index contributed by atoms with van der Waals surface area (Å²) < 4.78 is 55.3. The standard InChI is InChI=1S/C23H18ClF4N5O4/c24-15-5-11(25)7-29-21(15)33-9-14(22(37)31-19(10-1-2-10)23(26,27)28)18(36)13-3-4-16(30-20(13)33)32-8-12(34)6-17(32)35/h3-5,7,9-10,12,19,34H,1-2,6,8H2,(H,31,37)/t12?,19-/m1/s1. The molecule has 1 saturated heterocycles. The zero-order valence-electron chi connectivity index (χ0n) is 18.8. The van der Waals surface area contributed by atoms with Crippen LogP contribution in [0.15, 0.2) is 35.4 Å². The SMILES string of the molecule is O=C(N[C@H](C1CC1)C(F)(F)F)c1cn(-c2ncc(F)cc2Cl)c2nc(N3CC(O)CC3=O)ccc2c1=O. The van der Waals surface area contributed by atoms with Gasteiger partial charge in [0.05, 0.1) is 35.7 Å². The zero-order chi connectivity index (χ0) is 26.6. The summed E-state index contributed by atoms with van der Waals surface area (Å²) in [5, 5.41) is 11.3. The fourth-order valence-corrected chi connectivity index (χ4v) is 4.52. The molecule has 194 valence electrons. The highest BCUT2D eigenvalue weighted by atomic mass is 35.5. The van der Waals surface area contributed by atoms with Gasteiger partial charge in [0.1, 0.15) is 23.2 Å². The van der Waals surface area contributed by atoms with E-state index in [1.165, 1.54) is 17.0 Å². The van der Waals surface area contributed by atoms with E-state index in [0.29, 0.717) is 0 Å². The maximum absolute atomic E-state index is 13.7. The minimum atomic E-state index is -4.71. The highest BCUT2D eigenvalue weighted by Crippen LogP contribution is 2.40. The number of alkyl halides is 3. The number of aromatic nitrogens is 3. The molecule has 3 aromatic rings. The summed E-state index contributed by atoms with van der Waals surface area (Å²) in [7, 11) is 0. The first-order chi connectivity index (χ1) is 17.4. The van der Waals surface area contributed by atoms with Crippen LogP contribution in [0.3, 0.4) is 0 Å². The Balaban J connectivity index is 1.67. The van der Waals surface area contributed by atoms with Crippen molar-refractivity contribution < 1.29 is 32.3 Å². The van der Waals surface area contributed by atoms with E-state index in [1.54, 1.807) is 0 Å². The molecule has 37 heavy (non-hydrogen) atoms. The fraction of sp³-hybridized carbons (Fsp3) is 0.348. The normalized spacial score (nSPS) is 18.9. The third-order valence-electron chi connectivity index (χ3n) is 6.21. The number of fused-ring (bicyclic) bond motifs is 1. The van der Waals surface area contributed by atoms with E-state index in [-0.39, 0.29) is 53.5 Å². The molecule has 1 saturated carbocycles. The van der Waals surface area contributed by atoms with Crippen LogP contribution in [0.5, 0.6) is 0 Å². The topological polar surface area (TPSA) is 117 Å². The van der Waals surface area contributed by atoms with Gasteiger partial charge in [0, 0.05) is 6.20 Å². The van der Waals surface area contributed by atoms with E-state index < -0.39 is 52.9 Å². The number of anilines is 1. The van der Waals surface area contributed by atoms with E-state index in [2.05, 4.69) is 9.97 Å². The molecule has 3 aromatic heterocycles. The molecule has 1 aliphatic heterocycles. The van der Waals surface area contributed by atoms with Crippen LogP contribution in [0.25, 0.3) is 16.9 Å². The van der Waals surface area contributed by atoms with Gasteiger partial charge in [0.25, 0.3) is 5.91 Å². The molecule has 2 atom stereocenters. The Morgan fingerprint density at radius 1 is 1.24 bits per heavy atom. The third kappa shape index (κ3) is 4.76. The highest BCUT2D eigenvalue weighted by Gasteiger charge is 2.50. The van der Waals surface area contributed by atoms with Crippen molar-refractivity contribution in [2.75, 3.05) is 11.4 Å². The van der Waals surface area contributed by atoms with Crippen molar-refractivity contribution in [3.05, 3.63) is 57.2 Å². The lowest BCUT2D eigenvalue weighted by atomic mass is 10.1. The lowest BCUT2D eigenvalue weighted by Gasteiger charge is -2.22. The Labute approximate surface area is 210 Å². The summed E-state index contributed by atoms with van der Waals surface area (Å²) in [5.41, 5.74) is -1.68. The summed E-state index contributed by atoms with van der Waals surface area (Å²) in [6.45, 7) is -0.0440. The second-order valence-electron chi connectivity index (χ2n) is 8.93. The third-order valence-corrected chi connectivity index (χ3v) is 6.49. The average molecular weight is 540 g/mol. The molecule has 1 unspecified atom stereocenters. The molecule has 0 aromatic carbocycles. The summed E-state index contributed by atoms with van der Waals surface area (Å²) >= 11 is 6.16. The number of nitrogens with one attached hydrogen (secondary N) is 1.